The number of hydrogen-bond donors (Lipinski definition) is 2. The van der Waals surface area contributed by atoms with Crippen LogP contribution in [-0.2, 0) is 15.1 Å². The second-order valence-corrected chi connectivity index (χ2v) is 10.7. The minimum Gasteiger partial charge on any atom is -0.468 e. The zero-order valence-corrected chi connectivity index (χ0v) is 20.3. The maximum absolute atomic E-state index is 15.4. The van der Waals surface area contributed by atoms with Gasteiger partial charge >= 0.3 is 5.97 Å². The predicted molar refractivity (Wildman–Crippen MR) is 125 cm³/mol. The topological polar surface area (TPSA) is 64.3 Å². The van der Waals surface area contributed by atoms with Crippen molar-refractivity contribution in [2.24, 2.45) is 17.1 Å². The summed E-state index contributed by atoms with van der Waals surface area (Å²) in [6.45, 7) is 4.29. The molecule has 8 heteroatoms. The molecule has 0 spiro atoms. The molecule has 33 heavy (non-hydrogen) atoms. The number of rotatable bonds is 6. The molecule has 1 aliphatic heterocycles. The number of carbonyl (C=O) groups is 1. The van der Waals surface area contributed by atoms with Crippen LogP contribution < -0.4 is 11.1 Å². The molecule has 4 unspecified atom stereocenters. The first kappa shape index (κ1) is 24.4. The van der Waals surface area contributed by atoms with Gasteiger partial charge in [0.25, 0.3) is 0 Å². The molecule has 0 bridgehead atoms. The molecule has 178 valence electrons. The van der Waals surface area contributed by atoms with Crippen molar-refractivity contribution in [3.8, 4) is 0 Å². The summed E-state index contributed by atoms with van der Waals surface area (Å²) in [6.07, 6.45) is 2.78. The standard InChI is InChI=1S/C25H28Cl2F2N2O2/c1-24(2,13-7-8-13)12-19-25(30,16-10-9-14(26)11-18(16)28)20(22(31-19)23(32)33-3)15-5-4-6-17(27)21(15)29/h4-6,9-11,13,19-20,22,31H,7-8,12,30H2,1-3H3. The fraction of sp³-hybridized carbons (Fsp3) is 0.480. The van der Waals surface area contributed by atoms with Crippen LogP contribution in [0.15, 0.2) is 36.4 Å². The number of ether oxygens (including phenoxy) is 1. The van der Waals surface area contributed by atoms with Crippen molar-refractivity contribution < 1.29 is 18.3 Å². The number of nitrogens with two attached hydrogens (primary N) is 1. The van der Waals surface area contributed by atoms with Gasteiger partial charge in [-0.25, -0.2) is 8.78 Å². The number of methoxy groups -OCH3 is 1. The normalized spacial score (nSPS) is 27.6. The van der Waals surface area contributed by atoms with Crippen LogP contribution in [0.1, 0.15) is 50.2 Å². The summed E-state index contributed by atoms with van der Waals surface area (Å²) >= 11 is 12.1. The summed E-state index contributed by atoms with van der Waals surface area (Å²) in [5, 5.41) is 3.42. The molecule has 1 aliphatic carbocycles. The lowest BCUT2D eigenvalue weighted by Crippen LogP contribution is -2.52. The molecule has 2 aromatic rings. The number of benzene rings is 2. The average molecular weight is 497 g/mol. The van der Waals surface area contributed by atoms with Crippen molar-refractivity contribution in [3.05, 3.63) is 69.2 Å². The van der Waals surface area contributed by atoms with Gasteiger partial charge in [-0.15, -0.1) is 0 Å². The minimum absolute atomic E-state index is 0.100. The van der Waals surface area contributed by atoms with E-state index in [0.717, 1.165) is 12.8 Å². The highest BCUT2D eigenvalue weighted by molar-refractivity contribution is 6.31. The number of nitrogens with one attached hydrogen (secondary N) is 1. The van der Waals surface area contributed by atoms with Gasteiger partial charge in [0.15, 0.2) is 0 Å². The largest absolute Gasteiger partial charge is 0.468 e. The lowest BCUT2D eigenvalue weighted by molar-refractivity contribution is -0.143. The van der Waals surface area contributed by atoms with Crippen LogP contribution in [0.3, 0.4) is 0 Å². The molecule has 4 nitrogen and oxygen atoms in total. The molecule has 0 radical (unpaired) electrons. The van der Waals surface area contributed by atoms with Gasteiger partial charge in [0.1, 0.15) is 17.7 Å². The first-order chi connectivity index (χ1) is 15.5. The smallest absolute Gasteiger partial charge is 0.323 e. The molecule has 3 N–H and O–H groups in total. The molecular weight excluding hydrogens is 469 g/mol. The Hall–Kier alpha value is -1.73. The molecule has 0 aromatic heterocycles. The number of carbonyl (C=O) groups excluding carboxylic acids is 1. The summed E-state index contributed by atoms with van der Waals surface area (Å²) in [6, 6.07) is 7.26. The second-order valence-electron chi connectivity index (χ2n) is 9.86. The van der Waals surface area contributed by atoms with E-state index in [4.69, 9.17) is 33.7 Å². The third-order valence-electron chi connectivity index (χ3n) is 7.39. The Kier molecular flexibility index (Phi) is 6.51. The van der Waals surface area contributed by atoms with Crippen molar-refractivity contribution in [1.29, 1.82) is 0 Å². The van der Waals surface area contributed by atoms with Crippen molar-refractivity contribution in [2.75, 3.05) is 7.11 Å². The van der Waals surface area contributed by atoms with Crippen LogP contribution in [0.4, 0.5) is 8.78 Å². The van der Waals surface area contributed by atoms with Crippen molar-refractivity contribution in [2.45, 2.75) is 56.7 Å². The second kappa shape index (κ2) is 8.81. The molecule has 1 saturated heterocycles. The quantitative estimate of drug-likeness (QED) is 0.514. The van der Waals surface area contributed by atoms with Gasteiger partial charge in [0.05, 0.1) is 17.7 Å². The van der Waals surface area contributed by atoms with E-state index in [1.807, 2.05) is 0 Å². The van der Waals surface area contributed by atoms with E-state index in [9.17, 15) is 4.79 Å². The van der Waals surface area contributed by atoms with Crippen LogP contribution in [0.25, 0.3) is 0 Å². The first-order valence-electron chi connectivity index (χ1n) is 11.0. The highest BCUT2D eigenvalue weighted by Gasteiger charge is 2.59. The summed E-state index contributed by atoms with van der Waals surface area (Å²) in [5.74, 6) is -2.36. The van der Waals surface area contributed by atoms with E-state index >= 15 is 8.78 Å². The van der Waals surface area contributed by atoms with E-state index in [0.29, 0.717) is 12.3 Å². The zero-order valence-electron chi connectivity index (χ0n) is 18.8. The fourth-order valence-corrected chi connectivity index (χ4v) is 5.79. The van der Waals surface area contributed by atoms with Crippen molar-refractivity contribution >= 4 is 29.2 Å². The lowest BCUT2D eigenvalue weighted by atomic mass is 9.67. The molecule has 1 saturated carbocycles. The summed E-state index contributed by atoms with van der Waals surface area (Å²) in [4.78, 5) is 12.9. The Morgan fingerprint density at radius 2 is 1.94 bits per heavy atom. The van der Waals surface area contributed by atoms with Gasteiger partial charge < -0.3 is 10.5 Å². The zero-order chi connectivity index (χ0) is 24.1. The van der Waals surface area contributed by atoms with Crippen LogP contribution in [0, 0.1) is 23.0 Å². The maximum atomic E-state index is 15.4. The van der Waals surface area contributed by atoms with Crippen LogP contribution in [0.5, 0.6) is 0 Å². The van der Waals surface area contributed by atoms with E-state index in [-0.39, 0.29) is 26.6 Å². The van der Waals surface area contributed by atoms with E-state index < -0.39 is 41.1 Å². The molecular formula is C25H28Cl2F2N2O2. The highest BCUT2D eigenvalue weighted by Crippen LogP contribution is 2.54. The Balaban J connectivity index is 1.93. The maximum Gasteiger partial charge on any atom is 0.323 e. The van der Waals surface area contributed by atoms with Gasteiger partial charge in [0.2, 0.25) is 0 Å². The molecule has 2 aromatic carbocycles. The molecule has 2 aliphatic rings. The van der Waals surface area contributed by atoms with E-state index in [1.54, 1.807) is 12.1 Å². The van der Waals surface area contributed by atoms with Crippen LogP contribution in [-0.4, -0.2) is 25.2 Å². The summed E-state index contributed by atoms with van der Waals surface area (Å²) < 4.78 is 35.8. The highest BCUT2D eigenvalue weighted by atomic mass is 35.5. The Morgan fingerprint density at radius 3 is 2.55 bits per heavy atom. The van der Waals surface area contributed by atoms with Crippen LogP contribution >= 0.6 is 23.2 Å². The number of halogens is 4. The summed E-state index contributed by atoms with van der Waals surface area (Å²) in [5.41, 5.74) is 5.81. The predicted octanol–water partition coefficient (Wildman–Crippen LogP) is 5.55. The average Bonchev–Trinajstić information content (AvgIpc) is 3.57. The monoisotopic (exact) mass is 496 g/mol. The first-order valence-corrected chi connectivity index (χ1v) is 11.8. The lowest BCUT2D eigenvalue weighted by Gasteiger charge is -2.40. The van der Waals surface area contributed by atoms with Gasteiger partial charge in [-0.1, -0.05) is 55.2 Å². The van der Waals surface area contributed by atoms with E-state index in [1.165, 1.54) is 31.4 Å². The van der Waals surface area contributed by atoms with Gasteiger partial charge in [-0.05, 0) is 54.4 Å². The van der Waals surface area contributed by atoms with Gasteiger partial charge in [0, 0.05) is 22.5 Å². The molecule has 4 atom stereocenters. The molecule has 2 fully saturated rings. The molecule has 1 heterocycles. The van der Waals surface area contributed by atoms with Gasteiger partial charge in [-0.3, -0.25) is 10.1 Å². The fourth-order valence-electron chi connectivity index (χ4n) is 5.45. The number of esters is 1. The Bertz CT molecular complexity index is 1080. The van der Waals surface area contributed by atoms with E-state index in [2.05, 4.69) is 19.2 Å². The molecule has 0 amide bonds. The van der Waals surface area contributed by atoms with Gasteiger partial charge in [-0.2, -0.15) is 0 Å². The third-order valence-corrected chi connectivity index (χ3v) is 7.91. The summed E-state index contributed by atoms with van der Waals surface area (Å²) in [7, 11) is 1.26. The Morgan fingerprint density at radius 1 is 1.24 bits per heavy atom. The Labute approximate surface area is 202 Å². The SMILES string of the molecule is COC(=O)C1NC(CC(C)(C)C2CC2)C(N)(c2ccc(Cl)cc2F)C1c1cccc(Cl)c1F. The van der Waals surface area contributed by atoms with Crippen molar-refractivity contribution in [3.63, 3.8) is 0 Å². The van der Waals surface area contributed by atoms with Crippen molar-refractivity contribution in [1.82, 2.24) is 5.32 Å². The van der Waals surface area contributed by atoms with Crippen LogP contribution in [0.2, 0.25) is 10.0 Å². The minimum atomic E-state index is -1.48. The number of hydrogen-bond acceptors (Lipinski definition) is 4. The molecule has 4 rings (SSSR count). The third kappa shape index (κ3) is 4.27.